The third-order valence-corrected chi connectivity index (χ3v) is 3.84. The fraction of sp³-hybridized carbons (Fsp3) is 0.647. The minimum atomic E-state index is 0.443. The predicted molar refractivity (Wildman–Crippen MR) is 80.1 cm³/mol. The van der Waals surface area contributed by atoms with E-state index in [2.05, 4.69) is 31.8 Å². The SMILES string of the molecule is CCCCCCC(CC)c1nccc(CC)c1C#N. The van der Waals surface area contributed by atoms with Crippen LogP contribution in [0.4, 0.5) is 0 Å². The molecule has 1 aromatic heterocycles. The Balaban J connectivity index is 2.83. The summed E-state index contributed by atoms with van der Waals surface area (Å²) in [5.74, 6) is 0.443. The van der Waals surface area contributed by atoms with Crippen LogP contribution < -0.4 is 0 Å². The fourth-order valence-electron chi connectivity index (χ4n) is 2.60. The maximum absolute atomic E-state index is 9.39. The van der Waals surface area contributed by atoms with Crippen LogP contribution in [0, 0.1) is 11.3 Å². The fourth-order valence-corrected chi connectivity index (χ4v) is 2.60. The van der Waals surface area contributed by atoms with E-state index in [-0.39, 0.29) is 0 Å². The summed E-state index contributed by atoms with van der Waals surface area (Å²) >= 11 is 0. The standard InChI is InChI=1S/C17H26N2/c1-4-7-8-9-10-15(6-3)17-16(13-18)14(5-2)11-12-19-17/h11-12,15H,4-10H2,1-3H3. The maximum Gasteiger partial charge on any atom is 0.101 e. The van der Waals surface area contributed by atoms with Crippen LogP contribution in [0.15, 0.2) is 12.3 Å². The van der Waals surface area contributed by atoms with Gasteiger partial charge in [-0.1, -0.05) is 46.5 Å². The van der Waals surface area contributed by atoms with E-state index in [4.69, 9.17) is 0 Å². The second-order valence-corrected chi connectivity index (χ2v) is 5.15. The van der Waals surface area contributed by atoms with Gasteiger partial charge < -0.3 is 0 Å². The zero-order valence-corrected chi connectivity index (χ0v) is 12.6. The van der Waals surface area contributed by atoms with E-state index in [0.717, 1.165) is 36.1 Å². The molecule has 0 amide bonds. The second kappa shape index (κ2) is 8.69. The molecule has 1 atom stereocenters. The van der Waals surface area contributed by atoms with Crippen molar-refractivity contribution >= 4 is 0 Å². The largest absolute Gasteiger partial charge is 0.260 e. The summed E-state index contributed by atoms with van der Waals surface area (Å²) in [4.78, 5) is 4.51. The molecule has 1 heterocycles. The van der Waals surface area contributed by atoms with Crippen LogP contribution in [-0.2, 0) is 6.42 Å². The van der Waals surface area contributed by atoms with E-state index in [1.807, 2.05) is 12.3 Å². The molecule has 0 saturated heterocycles. The molecule has 19 heavy (non-hydrogen) atoms. The molecule has 1 unspecified atom stereocenters. The molecule has 0 aliphatic carbocycles. The van der Waals surface area contributed by atoms with Crippen molar-refractivity contribution in [2.75, 3.05) is 0 Å². The molecule has 2 nitrogen and oxygen atoms in total. The first-order valence-electron chi connectivity index (χ1n) is 7.66. The molecule has 0 spiro atoms. The Morgan fingerprint density at radius 3 is 2.58 bits per heavy atom. The molecule has 1 aromatic rings. The van der Waals surface area contributed by atoms with E-state index in [9.17, 15) is 5.26 Å². The van der Waals surface area contributed by atoms with Crippen LogP contribution in [0.3, 0.4) is 0 Å². The van der Waals surface area contributed by atoms with Crippen molar-refractivity contribution in [1.29, 1.82) is 5.26 Å². The normalized spacial score (nSPS) is 12.1. The van der Waals surface area contributed by atoms with E-state index < -0.39 is 0 Å². The van der Waals surface area contributed by atoms with Crippen LogP contribution in [0.1, 0.15) is 82.0 Å². The Morgan fingerprint density at radius 1 is 1.21 bits per heavy atom. The second-order valence-electron chi connectivity index (χ2n) is 5.15. The number of unbranched alkanes of at least 4 members (excludes halogenated alkanes) is 3. The van der Waals surface area contributed by atoms with Crippen molar-refractivity contribution in [3.63, 3.8) is 0 Å². The van der Waals surface area contributed by atoms with Crippen LogP contribution in [0.2, 0.25) is 0 Å². The summed E-state index contributed by atoms with van der Waals surface area (Å²) in [5.41, 5.74) is 2.99. The smallest absolute Gasteiger partial charge is 0.101 e. The van der Waals surface area contributed by atoms with Gasteiger partial charge in [-0.25, -0.2) is 0 Å². The Hall–Kier alpha value is -1.36. The molecule has 0 bridgehead atoms. The number of hydrogen-bond acceptors (Lipinski definition) is 2. The number of nitrogens with zero attached hydrogens (tertiary/aromatic N) is 2. The third-order valence-electron chi connectivity index (χ3n) is 3.84. The van der Waals surface area contributed by atoms with Crippen molar-refractivity contribution < 1.29 is 0 Å². The molecule has 1 rings (SSSR count). The first-order chi connectivity index (χ1) is 9.28. The van der Waals surface area contributed by atoms with Gasteiger partial charge in [0.2, 0.25) is 0 Å². The molecule has 0 aliphatic heterocycles. The quantitative estimate of drug-likeness (QED) is 0.617. The Bertz CT molecular complexity index is 418. The molecule has 0 saturated carbocycles. The maximum atomic E-state index is 9.39. The number of hydrogen-bond donors (Lipinski definition) is 0. The Labute approximate surface area is 117 Å². The zero-order valence-electron chi connectivity index (χ0n) is 12.6. The topological polar surface area (TPSA) is 36.7 Å². The third kappa shape index (κ3) is 4.35. The van der Waals surface area contributed by atoms with Gasteiger partial charge in [0.15, 0.2) is 0 Å². The monoisotopic (exact) mass is 258 g/mol. The van der Waals surface area contributed by atoms with Gasteiger partial charge in [-0.05, 0) is 30.9 Å². The minimum Gasteiger partial charge on any atom is -0.260 e. The lowest BCUT2D eigenvalue weighted by Gasteiger charge is -2.17. The van der Waals surface area contributed by atoms with Crippen molar-refractivity contribution in [3.05, 3.63) is 29.1 Å². The van der Waals surface area contributed by atoms with Gasteiger partial charge in [0.25, 0.3) is 0 Å². The van der Waals surface area contributed by atoms with Crippen LogP contribution in [0.25, 0.3) is 0 Å². The summed E-state index contributed by atoms with van der Waals surface area (Å²) in [5, 5.41) is 9.39. The molecule has 0 aliphatic rings. The molecular formula is C17H26N2. The van der Waals surface area contributed by atoms with E-state index >= 15 is 0 Å². The molecule has 0 aromatic carbocycles. The van der Waals surface area contributed by atoms with Gasteiger partial charge in [0.1, 0.15) is 6.07 Å². The van der Waals surface area contributed by atoms with Gasteiger partial charge in [-0.3, -0.25) is 4.98 Å². The van der Waals surface area contributed by atoms with Gasteiger partial charge in [-0.2, -0.15) is 5.26 Å². The van der Waals surface area contributed by atoms with E-state index in [0.29, 0.717) is 5.92 Å². The van der Waals surface area contributed by atoms with Gasteiger partial charge in [0.05, 0.1) is 11.3 Å². The number of aryl methyl sites for hydroxylation is 1. The number of aromatic nitrogens is 1. The molecule has 0 radical (unpaired) electrons. The molecule has 0 fully saturated rings. The highest BCUT2D eigenvalue weighted by atomic mass is 14.7. The Kier molecular flexibility index (Phi) is 7.18. The highest BCUT2D eigenvalue weighted by molar-refractivity contribution is 5.42. The predicted octanol–water partition coefficient (Wildman–Crippen LogP) is 4.98. The summed E-state index contributed by atoms with van der Waals surface area (Å²) in [6, 6.07) is 4.35. The van der Waals surface area contributed by atoms with Gasteiger partial charge in [-0.15, -0.1) is 0 Å². The van der Waals surface area contributed by atoms with E-state index in [1.165, 1.54) is 25.7 Å². The van der Waals surface area contributed by atoms with Crippen molar-refractivity contribution in [2.24, 2.45) is 0 Å². The average molecular weight is 258 g/mol. The minimum absolute atomic E-state index is 0.443. The van der Waals surface area contributed by atoms with Crippen LogP contribution in [0.5, 0.6) is 0 Å². The molecule has 104 valence electrons. The van der Waals surface area contributed by atoms with Crippen molar-refractivity contribution in [1.82, 2.24) is 4.98 Å². The van der Waals surface area contributed by atoms with Gasteiger partial charge >= 0.3 is 0 Å². The van der Waals surface area contributed by atoms with Crippen LogP contribution in [-0.4, -0.2) is 4.98 Å². The van der Waals surface area contributed by atoms with Crippen molar-refractivity contribution in [2.45, 2.75) is 71.6 Å². The summed E-state index contributed by atoms with van der Waals surface area (Å²) in [6.07, 6.45) is 10.1. The summed E-state index contributed by atoms with van der Waals surface area (Å²) in [6.45, 7) is 6.53. The molecular weight excluding hydrogens is 232 g/mol. The van der Waals surface area contributed by atoms with Crippen molar-refractivity contribution in [3.8, 4) is 6.07 Å². The van der Waals surface area contributed by atoms with E-state index in [1.54, 1.807) is 0 Å². The summed E-state index contributed by atoms with van der Waals surface area (Å²) < 4.78 is 0. The molecule has 2 heteroatoms. The van der Waals surface area contributed by atoms with Crippen LogP contribution >= 0.6 is 0 Å². The first kappa shape index (κ1) is 15.7. The number of rotatable bonds is 8. The molecule has 0 N–H and O–H groups in total. The highest BCUT2D eigenvalue weighted by Gasteiger charge is 2.17. The number of nitriles is 1. The lowest BCUT2D eigenvalue weighted by atomic mass is 9.90. The summed E-state index contributed by atoms with van der Waals surface area (Å²) in [7, 11) is 0. The first-order valence-corrected chi connectivity index (χ1v) is 7.66. The highest BCUT2D eigenvalue weighted by Crippen LogP contribution is 2.28. The number of pyridine rings is 1. The Morgan fingerprint density at radius 2 is 2.00 bits per heavy atom. The zero-order chi connectivity index (χ0) is 14.1. The average Bonchev–Trinajstić information content (AvgIpc) is 2.46. The lowest BCUT2D eigenvalue weighted by molar-refractivity contribution is 0.532. The van der Waals surface area contributed by atoms with Gasteiger partial charge in [0, 0.05) is 12.1 Å². The lowest BCUT2D eigenvalue weighted by Crippen LogP contribution is -2.06.